The van der Waals surface area contributed by atoms with E-state index in [0.29, 0.717) is 0 Å². The third kappa shape index (κ3) is 9.43. The normalized spacial score (nSPS) is 12.5. The van der Waals surface area contributed by atoms with Crippen LogP contribution in [0, 0.1) is 0 Å². The van der Waals surface area contributed by atoms with Gasteiger partial charge in [-0.2, -0.15) is 0 Å². The molecule has 144 valence electrons. The van der Waals surface area contributed by atoms with Crippen LogP contribution in [0.1, 0.15) is 58.2 Å². The summed E-state index contributed by atoms with van der Waals surface area (Å²) in [6.07, 6.45) is 4.14. The molecule has 0 saturated heterocycles. The van der Waals surface area contributed by atoms with E-state index in [0.717, 1.165) is 0 Å². The first-order valence-electron chi connectivity index (χ1n) is 9.09. The molecule has 2 rings (SSSR count). The van der Waals surface area contributed by atoms with Crippen molar-refractivity contribution in [2.24, 2.45) is 9.98 Å². The molecule has 0 bridgehead atoms. The molecule has 0 atom stereocenters. The molecule has 0 saturated carbocycles. The number of hydrogen-bond donors (Lipinski definition) is 0. The van der Waals surface area contributed by atoms with E-state index in [2.05, 4.69) is 103 Å². The average Bonchev–Trinajstić information content (AvgIpc) is 2.56. The van der Waals surface area contributed by atoms with Crippen LogP contribution in [-0.2, 0) is 4.13 Å². The van der Waals surface area contributed by atoms with Crippen molar-refractivity contribution in [2.75, 3.05) is 0 Å². The van der Waals surface area contributed by atoms with Crippen molar-refractivity contribution < 1.29 is 24.0 Å². The maximum Gasteiger partial charge on any atom is -1.00 e. The van der Waals surface area contributed by atoms with Gasteiger partial charge < -0.3 is 24.0 Å². The summed E-state index contributed by atoms with van der Waals surface area (Å²) < 4.78 is 2.69. The third-order valence-corrected chi connectivity index (χ3v) is 8.81. The van der Waals surface area contributed by atoms with Crippen LogP contribution >= 0.6 is 0 Å². The van der Waals surface area contributed by atoms with Crippen molar-refractivity contribution in [1.82, 2.24) is 0 Å². The van der Waals surface area contributed by atoms with Crippen molar-refractivity contribution in [3.8, 4) is 0 Å². The number of rotatable bonds is 5. The van der Waals surface area contributed by atoms with E-state index in [-0.39, 0.29) is 35.1 Å². The molecule has 0 spiro atoms. The zero-order chi connectivity index (χ0) is 19.2. The van der Waals surface area contributed by atoms with E-state index >= 15 is 0 Å². The molecule has 0 heterocycles. The van der Waals surface area contributed by atoms with Crippen molar-refractivity contribution in [3.05, 3.63) is 65.2 Å². The summed E-state index contributed by atoms with van der Waals surface area (Å²) >= 11 is -0.914. The first-order chi connectivity index (χ1) is 12.1. The Morgan fingerprint density at radius 3 is 1.67 bits per heavy atom. The fourth-order valence-electron chi connectivity index (χ4n) is 2.25. The summed E-state index contributed by atoms with van der Waals surface area (Å²) in [5.74, 6) is 0. The van der Waals surface area contributed by atoms with E-state index in [1.165, 1.54) is 24.1 Å². The summed E-state index contributed by atoms with van der Waals surface area (Å²) in [6.45, 7) is 12.8. The fourth-order valence-corrected chi connectivity index (χ4v) is 6.84. The zero-order valence-electron chi connectivity index (χ0n) is 17.2. The van der Waals surface area contributed by atoms with E-state index in [1.54, 1.807) is 0 Å². The Kier molecular flexibility index (Phi) is 9.78. The van der Waals surface area contributed by atoms with Crippen LogP contribution in [0.3, 0.4) is 0 Å². The predicted octanol–water partition coefficient (Wildman–Crippen LogP) is 1.66. The van der Waals surface area contributed by atoms with Crippen LogP contribution in [0.25, 0.3) is 0 Å². The smallest absolute Gasteiger partial charge is 1.00 e. The average molecular weight is 670 g/mol. The van der Waals surface area contributed by atoms with Gasteiger partial charge in [-0.15, -0.1) is 0 Å². The van der Waals surface area contributed by atoms with Crippen molar-refractivity contribution in [1.29, 1.82) is 0 Å². The van der Waals surface area contributed by atoms with E-state index in [9.17, 15) is 0 Å². The Morgan fingerprint density at radius 1 is 0.741 bits per heavy atom. The SMILES string of the molecule is CC(C)(C)N=Cc1cccc(C=NC(C)(C)C)[c]1[Bi+][CH2]c1ccccc1.[I-]. The second-order valence-electron chi connectivity index (χ2n) is 8.44. The topological polar surface area (TPSA) is 24.7 Å². The van der Waals surface area contributed by atoms with Gasteiger partial charge in [-0.3, -0.25) is 0 Å². The van der Waals surface area contributed by atoms with Gasteiger partial charge in [0.25, 0.3) is 0 Å². The largest absolute Gasteiger partial charge is 1.00 e. The molecule has 0 aliphatic rings. The second-order valence-corrected chi connectivity index (χ2v) is 12.6. The van der Waals surface area contributed by atoms with Crippen LogP contribution < -0.4 is 27.2 Å². The minimum absolute atomic E-state index is 0. The minimum Gasteiger partial charge on any atom is -1.00 e. The minimum atomic E-state index is -0.914. The maximum absolute atomic E-state index is 4.75. The van der Waals surface area contributed by atoms with Crippen LogP contribution in [0.2, 0.25) is 0 Å². The standard InChI is InChI=1S/C16H23N2.C7H7.Bi.HI/c1-15(2,3)17-11-13-8-7-9-14(10-13)12-18-16(4,5)6;1-7-5-3-2-4-6-7;;/h7-9,11-12H,1-6H3;2-6H,1H2;;1H/q;;+1;/p-1. The number of hydrogen-bond acceptors (Lipinski definition) is 2. The maximum atomic E-state index is 4.75. The number of halogens is 1. The van der Waals surface area contributed by atoms with Crippen LogP contribution in [0.5, 0.6) is 0 Å². The predicted molar refractivity (Wildman–Crippen MR) is 117 cm³/mol. The van der Waals surface area contributed by atoms with Crippen molar-refractivity contribution in [3.63, 3.8) is 0 Å². The Balaban J connectivity index is 0.00000364. The third-order valence-electron chi connectivity index (χ3n) is 3.54. The molecule has 0 unspecified atom stereocenters. The summed E-state index contributed by atoms with van der Waals surface area (Å²) in [6, 6.07) is 17.3. The molecule has 0 aliphatic carbocycles. The Morgan fingerprint density at radius 2 is 1.22 bits per heavy atom. The molecule has 0 aromatic heterocycles. The van der Waals surface area contributed by atoms with E-state index in [1.807, 2.05) is 0 Å². The Bertz CT molecular complexity index is 727. The molecule has 27 heavy (non-hydrogen) atoms. The van der Waals surface area contributed by atoms with Gasteiger partial charge in [0.15, 0.2) is 0 Å². The van der Waals surface area contributed by atoms with Gasteiger partial charge in [0.1, 0.15) is 0 Å². The molecule has 2 aromatic rings. The molecule has 0 amide bonds. The molecule has 4 heteroatoms. The molecular weight excluding hydrogens is 640 g/mol. The molecule has 2 radical (unpaired) electrons. The summed E-state index contributed by atoms with van der Waals surface area (Å²) in [5, 5.41) is 0. The Hall–Kier alpha value is -0.607. The van der Waals surface area contributed by atoms with Gasteiger partial charge >= 0.3 is 171 Å². The Labute approximate surface area is 193 Å². The van der Waals surface area contributed by atoms with E-state index in [4.69, 9.17) is 9.98 Å². The van der Waals surface area contributed by atoms with Crippen LogP contribution in [0.15, 0.2) is 58.5 Å². The first-order valence-corrected chi connectivity index (χ1v) is 13.3. The number of benzene rings is 2. The van der Waals surface area contributed by atoms with Gasteiger partial charge in [0.2, 0.25) is 0 Å². The monoisotopic (exact) mass is 670 g/mol. The first kappa shape index (κ1) is 24.4. The van der Waals surface area contributed by atoms with Gasteiger partial charge in [-0.1, -0.05) is 0 Å². The van der Waals surface area contributed by atoms with Crippen molar-refractivity contribution in [2.45, 2.75) is 56.7 Å². The molecule has 0 N–H and O–H groups in total. The van der Waals surface area contributed by atoms with Crippen LogP contribution in [-0.4, -0.2) is 46.7 Å². The molecule has 0 aliphatic heterocycles. The quantitative estimate of drug-likeness (QED) is 0.263. The van der Waals surface area contributed by atoms with Gasteiger partial charge in [-0.25, -0.2) is 0 Å². The number of aliphatic imine (C=N–C) groups is 2. The fraction of sp³-hybridized carbons (Fsp3) is 0.391. The zero-order valence-corrected chi connectivity index (χ0v) is 22.8. The van der Waals surface area contributed by atoms with Gasteiger partial charge in [0.05, 0.1) is 0 Å². The molecule has 0 fully saturated rings. The molecule has 2 nitrogen and oxygen atoms in total. The van der Waals surface area contributed by atoms with E-state index < -0.39 is 23.2 Å². The second kappa shape index (κ2) is 10.8. The summed E-state index contributed by atoms with van der Waals surface area (Å²) in [7, 11) is 0. The summed E-state index contributed by atoms with van der Waals surface area (Å²) in [4.78, 5) is 9.50. The van der Waals surface area contributed by atoms with Gasteiger partial charge in [0, 0.05) is 0 Å². The molecule has 2 aromatic carbocycles. The van der Waals surface area contributed by atoms with Gasteiger partial charge in [-0.05, 0) is 0 Å². The van der Waals surface area contributed by atoms with Crippen LogP contribution in [0.4, 0.5) is 0 Å². The summed E-state index contributed by atoms with van der Waals surface area (Å²) in [5.41, 5.74) is 3.86. The number of nitrogens with zero attached hydrogens (tertiary/aromatic N) is 2. The van der Waals surface area contributed by atoms with Crippen molar-refractivity contribution >= 4 is 38.9 Å². The molecular formula is C23H30BiIN2.